The minimum Gasteiger partial charge on any atom is -0.461 e. The average molecular weight is 204 g/mol. The molecule has 0 saturated heterocycles. The molecule has 1 N–H and O–H groups in total. The molecule has 2 rings (SSSR count). The van der Waals surface area contributed by atoms with Crippen LogP contribution in [0.1, 0.15) is 37.7 Å². The molecular weight excluding hydrogens is 188 g/mol. The average Bonchev–Trinajstić information content (AvgIpc) is 2.66. The highest BCUT2D eigenvalue weighted by Gasteiger charge is 2.17. The quantitative estimate of drug-likeness (QED) is 0.830. The zero-order valence-corrected chi connectivity index (χ0v) is 9.16. The Kier molecular flexibility index (Phi) is 2.78. The third-order valence-electron chi connectivity index (χ3n) is 2.75. The molecular formula is C13H16O2. The summed E-state index contributed by atoms with van der Waals surface area (Å²) in [5.74, 6) is 0.908. The molecule has 0 radical (unpaired) electrons. The van der Waals surface area contributed by atoms with Crippen LogP contribution in [0.25, 0.3) is 11.0 Å². The maximum atomic E-state index is 9.97. The van der Waals surface area contributed by atoms with Crippen LogP contribution < -0.4 is 0 Å². The number of fused-ring (bicyclic) bond motifs is 1. The molecule has 0 fully saturated rings. The first kappa shape index (κ1) is 10.2. The van der Waals surface area contributed by atoms with Crippen LogP contribution >= 0.6 is 0 Å². The lowest BCUT2D eigenvalue weighted by atomic mass is 10.0. The lowest BCUT2D eigenvalue weighted by molar-refractivity contribution is 0.172. The van der Waals surface area contributed by atoms with E-state index < -0.39 is 6.10 Å². The van der Waals surface area contributed by atoms with Crippen molar-refractivity contribution in [2.45, 2.75) is 32.8 Å². The van der Waals surface area contributed by atoms with Crippen LogP contribution in [0.5, 0.6) is 0 Å². The van der Waals surface area contributed by atoms with Crippen molar-refractivity contribution in [2.24, 2.45) is 0 Å². The monoisotopic (exact) mass is 204 g/mol. The summed E-state index contributed by atoms with van der Waals surface area (Å²) in [7, 11) is 0. The molecule has 0 aliphatic heterocycles. The van der Waals surface area contributed by atoms with Gasteiger partial charge in [-0.2, -0.15) is 0 Å². The second-order valence-electron chi connectivity index (χ2n) is 3.71. The number of furan rings is 1. The molecule has 0 aliphatic carbocycles. The zero-order valence-electron chi connectivity index (χ0n) is 9.16. The van der Waals surface area contributed by atoms with E-state index >= 15 is 0 Å². The topological polar surface area (TPSA) is 33.4 Å². The number of rotatable bonds is 3. The van der Waals surface area contributed by atoms with Crippen LogP contribution in [0.4, 0.5) is 0 Å². The van der Waals surface area contributed by atoms with Crippen molar-refractivity contribution < 1.29 is 9.52 Å². The van der Waals surface area contributed by atoms with E-state index in [0.717, 1.165) is 35.1 Å². The van der Waals surface area contributed by atoms with Crippen molar-refractivity contribution >= 4 is 11.0 Å². The molecule has 2 aromatic rings. The number of aryl methyl sites for hydroxylation is 1. The van der Waals surface area contributed by atoms with Crippen molar-refractivity contribution in [1.29, 1.82) is 0 Å². The Bertz CT molecular complexity index is 457. The summed E-state index contributed by atoms with van der Waals surface area (Å²) in [6, 6.07) is 7.88. The summed E-state index contributed by atoms with van der Waals surface area (Å²) in [6.45, 7) is 4.02. The summed E-state index contributed by atoms with van der Waals surface area (Å²) in [5, 5.41) is 11.0. The second-order valence-corrected chi connectivity index (χ2v) is 3.71. The van der Waals surface area contributed by atoms with Gasteiger partial charge in [0.1, 0.15) is 11.3 Å². The van der Waals surface area contributed by atoms with Crippen LogP contribution in [0.2, 0.25) is 0 Å². The van der Waals surface area contributed by atoms with Gasteiger partial charge in [0.15, 0.2) is 0 Å². The van der Waals surface area contributed by atoms with E-state index in [1.807, 2.05) is 38.1 Å². The highest BCUT2D eigenvalue weighted by Crippen LogP contribution is 2.32. The van der Waals surface area contributed by atoms with Gasteiger partial charge in [-0.3, -0.25) is 0 Å². The summed E-state index contributed by atoms with van der Waals surface area (Å²) in [4.78, 5) is 0. The molecule has 1 heterocycles. The minimum atomic E-state index is -0.413. The Labute approximate surface area is 89.5 Å². The molecule has 15 heavy (non-hydrogen) atoms. The van der Waals surface area contributed by atoms with Crippen molar-refractivity contribution in [3.05, 3.63) is 35.6 Å². The van der Waals surface area contributed by atoms with Gasteiger partial charge >= 0.3 is 0 Å². The van der Waals surface area contributed by atoms with Crippen molar-refractivity contribution in [2.75, 3.05) is 0 Å². The molecule has 1 aromatic carbocycles. The zero-order chi connectivity index (χ0) is 10.8. The second kappa shape index (κ2) is 4.07. The normalized spacial score (nSPS) is 13.3. The summed E-state index contributed by atoms with van der Waals surface area (Å²) < 4.78 is 5.71. The van der Waals surface area contributed by atoms with Gasteiger partial charge in [0.2, 0.25) is 0 Å². The van der Waals surface area contributed by atoms with Crippen LogP contribution in [0.15, 0.2) is 28.7 Å². The highest BCUT2D eigenvalue weighted by atomic mass is 16.3. The van der Waals surface area contributed by atoms with E-state index in [0.29, 0.717) is 0 Å². The molecule has 2 nitrogen and oxygen atoms in total. The fourth-order valence-corrected chi connectivity index (χ4v) is 1.95. The smallest absolute Gasteiger partial charge is 0.134 e. The Morgan fingerprint density at radius 3 is 2.67 bits per heavy atom. The van der Waals surface area contributed by atoms with Gasteiger partial charge < -0.3 is 9.52 Å². The van der Waals surface area contributed by atoms with E-state index in [2.05, 4.69) is 0 Å². The summed E-state index contributed by atoms with van der Waals surface area (Å²) >= 11 is 0. The van der Waals surface area contributed by atoms with Gasteiger partial charge in [-0.15, -0.1) is 0 Å². The van der Waals surface area contributed by atoms with Crippen LogP contribution in [-0.4, -0.2) is 5.11 Å². The lowest BCUT2D eigenvalue weighted by Gasteiger charge is -2.07. The lowest BCUT2D eigenvalue weighted by Crippen LogP contribution is -1.97. The molecule has 0 bridgehead atoms. The predicted octanol–water partition coefficient (Wildman–Crippen LogP) is 3.44. The summed E-state index contributed by atoms with van der Waals surface area (Å²) in [6.07, 6.45) is 1.13. The van der Waals surface area contributed by atoms with Crippen molar-refractivity contribution in [3.8, 4) is 0 Å². The SMILES string of the molecule is CCc1oc2ccccc2c1[C@H](O)CC. The summed E-state index contributed by atoms with van der Waals surface area (Å²) in [5.41, 5.74) is 1.84. The molecule has 0 unspecified atom stereocenters. The molecule has 0 saturated carbocycles. The molecule has 80 valence electrons. The van der Waals surface area contributed by atoms with Crippen molar-refractivity contribution in [3.63, 3.8) is 0 Å². The van der Waals surface area contributed by atoms with Crippen LogP contribution in [0, 0.1) is 0 Å². The molecule has 1 aromatic heterocycles. The van der Waals surface area contributed by atoms with Crippen LogP contribution in [0.3, 0.4) is 0 Å². The number of hydrogen-bond donors (Lipinski definition) is 1. The van der Waals surface area contributed by atoms with Gasteiger partial charge in [-0.05, 0) is 12.5 Å². The number of hydrogen-bond acceptors (Lipinski definition) is 2. The van der Waals surface area contributed by atoms with E-state index in [-0.39, 0.29) is 0 Å². The van der Waals surface area contributed by atoms with Crippen molar-refractivity contribution in [1.82, 2.24) is 0 Å². The first-order valence-corrected chi connectivity index (χ1v) is 5.46. The van der Waals surface area contributed by atoms with E-state index in [1.54, 1.807) is 0 Å². The minimum absolute atomic E-state index is 0.413. The van der Waals surface area contributed by atoms with E-state index in [4.69, 9.17) is 4.42 Å². The first-order chi connectivity index (χ1) is 7.27. The number of para-hydroxylation sites is 1. The van der Waals surface area contributed by atoms with E-state index in [1.165, 1.54) is 0 Å². The number of benzene rings is 1. The molecule has 0 spiro atoms. The van der Waals surface area contributed by atoms with Crippen LogP contribution in [-0.2, 0) is 6.42 Å². The largest absolute Gasteiger partial charge is 0.461 e. The Morgan fingerprint density at radius 2 is 2.00 bits per heavy atom. The predicted molar refractivity (Wildman–Crippen MR) is 60.8 cm³/mol. The first-order valence-electron chi connectivity index (χ1n) is 5.46. The third kappa shape index (κ3) is 1.65. The maximum absolute atomic E-state index is 9.97. The Hall–Kier alpha value is -1.28. The molecule has 0 aliphatic rings. The van der Waals surface area contributed by atoms with Gasteiger partial charge in [0.25, 0.3) is 0 Å². The highest BCUT2D eigenvalue weighted by molar-refractivity contribution is 5.82. The number of aliphatic hydroxyl groups is 1. The molecule has 2 heteroatoms. The Morgan fingerprint density at radius 1 is 1.27 bits per heavy atom. The maximum Gasteiger partial charge on any atom is 0.134 e. The van der Waals surface area contributed by atoms with Gasteiger partial charge in [0, 0.05) is 17.4 Å². The number of aliphatic hydroxyl groups excluding tert-OH is 1. The van der Waals surface area contributed by atoms with Gasteiger partial charge in [0.05, 0.1) is 6.10 Å². The Balaban J connectivity index is 2.66. The standard InChI is InChI=1S/C13H16O2/c1-3-10(14)13-9-7-5-6-8-12(9)15-11(13)4-2/h5-8,10,14H,3-4H2,1-2H3/t10-/m1/s1. The third-order valence-corrected chi connectivity index (χ3v) is 2.75. The molecule has 1 atom stereocenters. The fourth-order valence-electron chi connectivity index (χ4n) is 1.95. The van der Waals surface area contributed by atoms with Gasteiger partial charge in [-0.1, -0.05) is 32.0 Å². The fraction of sp³-hybridized carbons (Fsp3) is 0.385. The van der Waals surface area contributed by atoms with Gasteiger partial charge in [-0.25, -0.2) is 0 Å². The molecule has 0 amide bonds. The van der Waals surface area contributed by atoms with E-state index in [9.17, 15) is 5.11 Å².